The predicted octanol–water partition coefficient (Wildman–Crippen LogP) is 1.02. The summed E-state index contributed by atoms with van der Waals surface area (Å²) in [4.78, 5) is 17.9. The molecule has 0 aromatic heterocycles. The van der Waals surface area contributed by atoms with E-state index in [0.717, 1.165) is 0 Å². The van der Waals surface area contributed by atoms with Crippen molar-refractivity contribution in [3.05, 3.63) is 24.8 Å². The lowest BCUT2D eigenvalue weighted by Crippen LogP contribution is -1.91. The standard InChI is InChI=1S/C5H8.C2H2O3/c1-3-5-4-2;3-1-2(4)5/h3-5H,1H2,2H3;1H,(H,4,5). The van der Waals surface area contributed by atoms with E-state index in [4.69, 9.17) is 14.7 Å². The molecule has 0 aromatic carbocycles. The number of carbonyl (C=O) groups is 2. The lowest BCUT2D eigenvalue weighted by atomic mass is 10.5. The highest BCUT2D eigenvalue weighted by Gasteiger charge is 1.80. The van der Waals surface area contributed by atoms with Crippen molar-refractivity contribution in [1.82, 2.24) is 0 Å². The second-order valence-corrected chi connectivity index (χ2v) is 1.22. The zero-order valence-corrected chi connectivity index (χ0v) is 5.78. The number of aliphatic carboxylic acids is 1. The van der Waals surface area contributed by atoms with Crippen LogP contribution in [0.25, 0.3) is 0 Å². The number of carboxylic acids is 1. The van der Waals surface area contributed by atoms with E-state index in [1.165, 1.54) is 0 Å². The Balaban J connectivity index is 0. The van der Waals surface area contributed by atoms with E-state index in [9.17, 15) is 0 Å². The molecule has 0 aliphatic heterocycles. The highest BCUT2D eigenvalue weighted by Crippen LogP contribution is 1.64. The minimum absolute atomic E-state index is 0.167. The quantitative estimate of drug-likeness (QED) is 0.355. The first kappa shape index (κ1) is 11.4. The Bertz CT molecular complexity index is 136. The van der Waals surface area contributed by atoms with Crippen LogP contribution < -0.4 is 0 Å². The van der Waals surface area contributed by atoms with Gasteiger partial charge in [0.05, 0.1) is 0 Å². The third-order valence-corrected chi connectivity index (χ3v) is 0.429. The van der Waals surface area contributed by atoms with Crippen molar-refractivity contribution >= 4 is 12.3 Å². The number of rotatable bonds is 2. The van der Waals surface area contributed by atoms with Crippen LogP contribution in [0, 0.1) is 0 Å². The maximum Gasteiger partial charge on any atom is 0.368 e. The summed E-state index contributed by atoms with van der Waals surface area (Å²) >= 11 is 0. The fraction of sp³-hybridized carbons (Fsp3) is 0.143. The van der Waals surface area contributed by atoms with Crippen LogP contribution >= 0.6 is 0 Å². The fourth-order valence-electron chi connectivity index (χ4n) is 0.136. The van der Waals surface area contributed by atoms with Crippen molar-refractivity contribution in [3.8, 4) is 0 Å². The molecule has 0 heterocycles. The van der Waals surface area contributed by atoms with Gasteiger partial charge in [-0.3, -0.25) is 4.79 Å². The summed E-state index contributed by atoms with van der Waals surface area (Å²) < 4.78 is 0. The monoisotopic (exact) mass is 142 g/mol. The molecule has 0 saturated carbocycles. The molecule has 1 N–H and O–H groups in total. The maximum absolute atomic E-state index is 9.00. The number of aldehydes is 1. The van der Waals surface area contributed by atoms with Gasteiger partial charge in [0.2, 0.25) is 6.29 Å². The molecule has 0 aliphatic rings. The lowest BCUT2D eigenvalue weighted by molar-refractivity contribution is -0.143. The third-order valence-electron chi connectivity index (χ3n) is 0.429. The molecule has 0 fully saturated rings. The maximum atomic E-state index is 9.00. The summed E-state index contributed by atoms with van der Waals surface area (Å²) in [6.07, 6.45) is 5.41. The fourth-order valence-corrected chi connectivity index (χ4v) is 0.136. The Kier molecular flexibility index (Phi) is 12.1. The van der Waals surface area contributed by atoms with Crippen LogP contribution in [0.2, 0.25) is 0 Å². The van der Waals surface area contributed by atoms with Gasteiger partial charge in [0, 0.05) is 0 Å². The normalized spacial score (nSPS) is 7.70. The van der Waals surface area contributed by atoms with E-state index in [1.54, 1.807) is 6.08 Å². The zero-order chi connectivity index (χ0) is 8.41. The molecule has 56 valence electrons. The Morgan fingerprint density at radius 2 is 2.00 bits per heavy atom. The van der Waals surface area contributed by atoms with E-state index in [1.807, 2.05) is 19.1 Å². The van der Waals surface area contributed by atoms with Crippen LogP contribution in [-0.4, -0.2) is 17.4 Å². The second-order valence-electron chi connectivity index (χ2n) is 1.22. The van der Waals surface area contributed by atoms with Gasteiger partial charge < -0.3 is 5.11 Å². The number of carbonyl (C=O) groups excluding carboxylic acids is 1. The average molecular weight is 142 g/mol. The molecule has 0 rings (SSSR count). The average Bonchev–Trinajstić information content (AvgIpc) is 1.91. The summed E-state index contributed by atoms with van der Waals surface area (Å²) in [5, 5.41) is 7.35. The number of allylic oxidation sites excluding steroid dienone is 3. The predicted molar refractivity (Wildman–Crippen MR) is 38.7 cm³/mol. The number of carboxylic acid groups (broad SMARTS) is 1. The molecule has 0 aliphatic carbocycles. The highest BCUT2D eigenvalue weighted by atomic mass is 16.4. The molecule has 3 heteroatoms. The third kappa shape index (κ3) is 30.5. The molecule has 0 bridgehead atoms. The Morgan fingerprint density at radius 3 is 2.00 bits per heavy atom. The minimum Gasteiger partial charge on any atom is -0.476 e. The van der Waals surface area contributed by atoms with Gasteiger partial charge in [-0.15, -0.1) is 0 Å². The highest BCUT2D eigenvalue weighted by molar-refractivity contribution is 6.19. The van der Waals surface area contributed by atoms with Gasteiger partial charge in [-0.05, 0) is 6.92 Å². The Morgan fingerprint density at radius 1 is 1.60 bits per heavy atom. The lowest BCUT2D eigenvalue weighted by Gasteiger charge is -1.59. The first-order chi connectivity index (χ1) is 4.68. The van der Waals surface area contributed by atoms with Crippen LogP contribution in [0.5, 0.6) is 0 Å². The molecule has 0 unspecified atom stereocenters. The van der Waals surface area contributed by atoms with E-state index in [2.05, 4.69) is 6.58 Å². The number of hydrogen-bond donors (Lipinski definition) is 1. The SMILES string of the molecule is C=CC=CC.O=CC(=O)O. The number of hydrogen-bond acceptors (Lipinski definition) is 2. The van der Waals surface area contributed by atoms with Gasteiger partial charge in [0.25, 0.3) is 0 Å². The zero-order valence-electron chi connectivity index (χ0n) is 5.78. The van der Waals surface area contributed by atoms with Crippen molar-refractivity contribution in [2.75, 3.05) is 0 Å². The molecular weight excluding hydrogens is 132 g/mol. The summed E-state index contributed by atoms with van der Waals surface area (Å²) in [7, 11) is 0. The summed E-state index contributed by atoms with van der Waals surface area (Å²) in [6, 6.07) is 0. The van der Waals surface area contributed by atoms with Gasteiger partial charge in [-0.2, -0.15) is 0 Å². The van der Waals surface area contributed by atoms with Crippen LogP contribution in [0.3, 0.4) is 0 Å². The van der Waals surface area contributed by atoms with E-state index in [-0.39, 0.29) is 6.29 Å². The largest absolute Gasteiger partial charge is 0.476 e. The van der Waals surface area contributed by atoms with E-state index in [0.29, 0.717) is 0 Å². The molecule has 0 saturated heterocycles. The van der Waals surface area contributed by atoms with Crippen molar-refractivity contribution < 1.29 is 14.7 Å². The van der Waals surface area contributed by atoms with Crippen LogP contribution in [-0.2, 0) is 9.59 Å². The first-order valence-electron chi connectivity index (χ1n) is 2.60. The van der Waals surface area contributed by atoms with Crippen molar-refractivity contribution in [2.45, 2.75) is 6.92 Å². The van der Waals surface area contributed by atoms with Crippen LogP contribution in [0.1, 0.15) is 6.92 Å². The molecule has 0 atom stereocenters. The molecule has 3 nitrogen and oxygen atoms in total. The molecule has 0 aromatic rings. The Hall–Kier alpha value is -1.38. The molecular formula is C7H10O3. The van der Waals surface area contributed by atoms with Crippen LogP contribution in [0.15, 0.2) is 24.8 Å². The van der Waals surface area contributed by atoms with Gasteiger partial charge in [-0.25, -0.2) is 4.79 Å². The molecule has 10 heavy (non-hydrogen) atoms. The van der Waals surface area contributed by atoms with Crippen molar-refractivity contribution in [3.63, 3.8) is 0 Å². The van der Waals surface area contributed by atoms with Gasteiger partial charge in [0.15, 0.2) is 0 Å². The first-order valence-corrected chi connectivity index (χ1v) is 2.60. The van der Waals surface area contributed by atoms with Gasteiger partial charge >= 0.3 is 5.97 Å². The second kappa shape index (κ2) is 10.6. The van der Waals surface area contributed by atoms with Gasteiger partial charge in [0.1, 0.15) is 0 Å². The molecule has 0 amide bonds. The smallest absolute Gasteiger partial charge is 0.368 e. The van der Waals surface area contributed by atoms with Crippen molar-refractivity contribution in [1.29, 1.82) is 0 Å². The van der Waals surface area contributed by atoms with Gasteiger partial charge in [-0.1, -0.05) is 24.8 Å². The molecule has 0 radical (unpaired) electrons. The Labute approximate surface area is 59.7 Å². The molecule has 0 spiro atoms. The summed E-state index contributed by atoms with van der Waals surface area (Å²) in [5.74, 6) is -1.43. The van der Waals surface area contributed by atoms with E-state index < -0.39 is 5.97 Å². The van der Waals surface area contributed by atoms with Crippen molar-refractivity contribution in [2.24, 2.45) is 0 Å². The summed E-state index contributed by atoms with van der Waals surface area (Å²) in [6.45, 7) is 5.42. The van der Waals surface area contributed by atoms with E-state index >= 15 is 0 Å². The summed E-state index contributed by atoms with van der Waals surface area (Å²) in [5.41, 5.74) is 0. The van der Waals surface area contributed by atoms with Crippen LogP contribution in [0.4, 0.5) is 0 Å². The minimum atomic E-state index is -1.43. The topological polar surface area (TPSA) is 54.4 Å².